The van der Waals surface area contributed by atoms with Crippen LogP contribution >= 0.6 is 0 Å². The minimum atomic E-state index is -0.360. The van der Waals surface area contributed by atoms with Crippen LogP contribution in [0.1, 0.15) is 56.2 Å². The van der Waals surface area contributed by atoms with Crippen LogP contribution in [0, 0.1) is 0 Å². The van der Waals surface area contributed by atoms with Crippen LogP contribution in [0.15, 0.2) is 54.6 Å². The predicted molar refractivity (Wildman–Crippen MR) is 99.1 cm³/mol. The molecule has 2 aromatic rings. The average molecular weight is 322 g/mol. The standard InChI is InChI=1S/C21H26N2O/c1-3-15(2)16-9-11-18(12-10-16)22-20(17-7-5-4-6-8-17)21(24)23-19-13-14-19/h4-12,15,19-20,22H,3,13-14H2,1-2H3,(H,23,24)/t15-,20+/m0/s1. The molecule has 3 heteroatoms. The van der Waals surface area contributed by atoms with Gasteiger partial charge in [-0.15, -0.1) is 0 Å². The second-order valence-corrected chi connectivity index (χ2v) is 6.70. The molecule has 3 nitrogen and oxygen atoms in total. The zero-order valence-corrected chi connectivity index (χ0v) is 14.5. The zero-order chi connectivity index (χ0) is 16.9. The fourth-order valence-corrected chi connectivity index (χ4v) is 2.77. The quantitative estimate of drug-likeness (QED) is 0.780. The van der Waals surface area contributed by atoms with Crippen LogP contribution in [0.3, 0.4) is 0 Å². The third-order valence-electron chi connectivity index (χ3n) is 4.72. The van der Waals surface area contributed by atoms with Crippen molar-refractivity contribution in [1.82, 2.24) is 5.32 Å². The van der Waals surface area contributed by atoms with Crippen molar-refractivity contribution in [3.8, 4) is 0 Å². The van der Waals surface area contributed by atoms with Gasteiger partial charge in [-0.3, -0.25) is 4.79 Å². The number of nitrogens with one attached hydrogen (secondary N) is 2. The highest BCUT2D eigenvalue weighted by atomic mass is 16.2. The van der Waals surface area contributed by atoms with Crippen molar-refractivity contribution >= 4 is 11.6 Å². The molecule has 0 saturated heterocycles. The van der Waals surface area contributed by atoms with Gasteiger partial charge in [0, 0.05) is 11.7 Å². The monoisotopic (exact) mass is 322 g/mol. The highest BCUT2D eigenvalue weighted by Crippen LogP contribution is 2.25. The van der Waals surface area contributed by atoms with E-state index in [4.69, 9.17) is 0 Å². The third-order valence-corrected chi connectivity index (χ3v) is 4.72. The Balaban J connectivity index is 1.76. The Hall–Kier alpha value is -2.29. The lowest BCUT2D eigenvalue weighted by Crippen LogP contribution is -2.34. The molecule has 0 bridgehead atoms. The molecule has 1 saturated carbocycles. The molecule has 0 heterocycles. The Labute approximate surface area is 144 Å². The second kappa shape index (κ2) is 7.52. The minimum Gasteiger partial charge on any atom is -0.370 e. The van der Waals surface area contributed by atoms with E-state index in [9.17, 15) is 4.79 Å². The van der Waals surface area contributed by atoms with Crippen LogP contribution in [-0.2, 0) is 4.79 Å². The molecule has 1 aliphatic rings. The Morgan fingerprint density at radius 2 is 1.71 bits per heavy atom. The van der Waals surface area contributed by atoms with E-state index in [1.54, 1.807) is 0 Å². The molecule has 1 amide bonds. The minimum absolute atomic E-state index is 0.0507. The van der Waals surface area contributed by atoms with Crippen LogP contribution in [-0.4, -0.2) is 11.9 Å². The lowest BCUT2D eigenvalue weighted by atomic mass is 9.98. The van der Waals surface area contributed by atoms with Gasteiger partial charge in [-0.05, 0) is 48.4 Å². The van der Waals surface area contributed by atoms with Crippen LogP contribution in [0.25, 0.3) is 0 Å². The summed E-state index contributed by atoms with van der Waals surface area (Å²) in [6.07, 6.45) is 3.32. The third kappa shape index (κ3) is 4.16. The fourth-order valence-electron chi connectivity index (χ4n) is 2.77. The summed E-state index contributed by atoms with van der Waals surface area (Å²) in [6.45, 7) is 4.43. The maximum absolute atomic E-state index is 12.6. The van der Waals surface area contributed by atoms with Crippen molar-refractivity contribution in [3.05, 3.63) is 65.7 Å². The molecular formula is C21H26N2O. The number of carbonyl (C=O) groups is 1. The van der Waals surface area contributed by atoms with E-state index >= 15 is 0 Å². The van der Waals surface area contributed by atoms with Gasteiger partial charge in [0.1, 0.15) is 6.04 Å². The lowest BCUT2D eigenvalue weighted by Gasteiger charge is -2.20. The van der Waals surface area contributed by atoms with E-state index < -0.39 is 0 Å². The lowest BCUT2D eigenvalue weighted by molar-refractivity contribution is -0.122. The molecule has 0 unspecified atom stereocenters. The van der Waals surface area contributed by atoms with E-state index in [0.29, 0.717) is 12.0 Å². The highest BCUT2D eigenvalue weighted by Gasteiger charge is 2.28. The molecule has 0 radical (unpaired) electrons. The van der Waals surface area contributed by atoms with Crippen LogP contribution < -0.4 is 10.6 Å². The van der Waals surface area contributed by atoms with E-state index in [1.807, 2.05) is 30.3 Å². The van der Waals surface area contributed by atoms with Crippen molar-refractivity contribution in [3.63, 3.8) is 0 Å². The molecule has 0 aromatic heterocycles. The van der Waals surface area contributed by atoms with E-state index in [-0.39, 0.29) is 11.9 Å². The Kier molecular flexibility index (Phi) is 5.19. The Morgan fingerprint density at radius 1 is 1.04 bits per heavy atom. The summed E-state index contributed by atoms with van der Waals surface area (Å²) in [5.74, 6) is 0.608. The molecule has 2 aromatic carbocycles. The topological polar surface area (TPSA) is 41.1 Å². The van der Waals surface area contributed by atoms with Gasteiger partial charge in [0.05, 0.1) is 0 Å². The summed E-state index contributed by atoms with van der Waals surface area (Å²) in [5, 5.41) is 6.51. The van der Waals surface area contributed by atoms with Gasteiger partial charge in [0.25, 0.3) is 0 Å². The van der Waals surface area contributed by atoms with Gasteiger partial charge in [0.2, 0.25) is 5.91 Å². The smallest absolute Gasteiger partial charge is 0.247 e. The summed E-state index contributed by atoms with van der Waals surface area (Å²) in [7, 11) is 0. The molecular weight excluding hydrogens is 296 g/mol. The molecule has 2 atom stereocenters. The van der Waals surface area contributed by atoms with Crippen molar-refractivity contribution < 1.29 is 4.79 Å². The fraction of sp³-hybridized carbons (Fsp3) is 0.381. The SMILES string of the molecule is CC[C@H](C)c1ccc(N[C@@H](C(=O)NC2CC2)c2ccccc2)cc1. The molecule has 24 heavy (non-hydrogen) atoms. The first-order valence-corrected chi connectivity index (χ1v) is 8.89. The number of benzene rings is 2. The molecule has 0 spiro atoms. The molecule has 1 fully saturated rings. The number of rotatable bonds is 7. The summed E-state index contributed by atoms with van der Waals surface area (Å²) in [4.78, 5) is 12.6. The van der Waals surface area contributed by atoms with E-state index in [2.05, 4.69) is 48.7 Å². The van der Waals surface area contributed by atoms with Crippen molar-refractivity contribution in [1.29, 1.82) is 0 Å². The molecule has 2 N–H and O–H groups in total. The normalized spacial score (nSPS) is 16.2. The number of anilines is 1. The van der Waals surface area contributed by atoms with E-state index in [1.165, 1.54) is 5.56 Å². The molecule has 126 valence electrons. The number of hydrogen-bond donors (Lipinski definition) is 2. The predicted octanol–water partition coefficient (Wildman–Crippen LogP) is 4.63. The first kappa shape index (κ1) is 16.6. The number of hydrogen-bond acceptors (Lipinski definition) is 2. The first-order valence-electron chi connectivity index (χ1n) is 8.89. The molecule has 1 aliphatic carbocycles. The Morgan fingerprint density at radius 3 is 2.29 bits per heavy atom. The van der Waals surface area contributed by atoms with Crippen LogP contribution in [0.4, 0.5) is 5.69 Å². The van der Waals surface area contributed by atoms with Crippen LogP contribution in [0.5, 0.6) is 0 Å². The average Bonchev–Trinajstić information content (AvgIpc) is 3.44. The van der Waals surface area contributed by atoms with Crippen molar-refractivity contribution in [2.24, 2.45) is 0 Å². The van der Waals surface area contributed by atoms with Crippen LogP contribution in [0.2, 0.25) is 0 Å². The maximum atomic E-state index is 12.6. The Bertz CT molecular complexity index is 662. The summed E-state index contributed by atoms with van der Waals surface area (Å²) in [6, 6.07) is 18.4. The van der Waals surface area contributed by atoms with Gasteiger partial charge < -0.3 is 10.6 Å². The summed E-state index contributed by atoms with van der Waals surface area (Å²) < 4.78 is 0. The largest absolute Gasteiger partial charge is 0.370 e. The zero-order valence-electron chi connectivity index (χ0n) is 14.5. The second-order valence-electron chi connectivity index (χ2n) is 6.70. The molecule has 0 aliphatic heterocycles. The van der Waals surface area contributed by atoms with Crippen molar-refractivity contribution in [2.75, 3.05) is 5.32 Å². The highest BCUT2D eigenvalue weighted by molar-refractivity contribution is 5.86. The van der Waals surface area contributed by atoms with Gasteiger partial charge >= 0.3 is 0 Å². The molecule has 3 rings (SSSR count). The summed E-state index contributed by atoms with van der Waals surface area (Å²) in [5.41, 5.74) is 3.30. The summed E-state index contributed by atoms with van der Waals surface area (Å²) >= 11 is 0. The maximum Gasteiger partial charge on any atom is 0.247 e. The van der Waals surface area contributed by atoms with Crippen molar-refractivity contribution in [2.45, 2.75) is 51.1 Å². The van der Waals surface area contributed by atoms with Gasteiger partial charge in [-0.1, -0.05) is 56.3 Å². The number of carbonyl (C=O) groups excluding carboxylic acids is 1. The van der Waals surface area contributed by atoms with Gasteiger partial charge in [-0.2, -0.15) is 0 Å². The number of amides is 1. The van der Waals surface area contributed by atoms with Gasteiger partial charge in [-0.25, -0.2) is 0 Å². The van der Waals surface area contributed by atoms with Gasteiger partial charge in [0.15, 0.2) is 0 Å². The first-order chi connectivity index (χ1) is 11.7. The van der Waals surface area contributed by atoms with E-state index in [0.717, 1.165) is 30.5 Å².